The van der Waals surface area contributed by atoms with Gasteiger partial charge in [0.15, 0.2) is 11.0 Å². The van der Waals surface area contributed by atoms with Gasteiger partial charge in [0.1, 0.15) is 11.1 Å². The number of anilines is 1. The van der Waals surface area contributed by atoms with Gasteiger partial charge in [-0.2, -0.15) is 5.26 Å². The number of amides is 1. The van der Waals surface area contributed by atoms with Gasteiger partial charge >= 0.3 is 0 Å². The van der Waals surface area contributed by atoms with Gasteiger partial charge in [0.25, 0.3) is 0 Å². The van der Waals surface area contributed by atoms with E-state index in [0.29, 0.717) is 23.0 Å². The molecule has 0 saturated carbocycles. The van der Waals surface area contributed by atoms with E-state index in [2.05, 4.69) is 57.5 Å². The third-order valence-corrected chi connectivity index (χ3v) is 9.06. The summed E-state index contributed by atoms with van der Waals surface area (Å²) in [5.41, 5.74) is 2.84. The lowest BCUT2D eigenvalue weighted by Crippen LogP contribution is -2.14. The Morgan fingerprint density at radius 1 is 1.36 bits per heavy atom. The Morgan fingerprint density at radius 2 is 2.21 bits per heavy atom. The van der Waals surface area contributed by atoms with Crippen LogP contribution in [0.3, 0.4) is 0 Å². The van der Waals surface area contributed by atoms with Crippen LogP contribution in [0.25, 0.3) is 21.5 Å². The highest BCUT2D eigenvalue weighted by Crippen LogP contribution is 2.39. The number of carbonyl (C=O) groups is 1. The maximum Gasteiger partial charge on any atom is 0.235 e. The highest BCUT2D eigenvalue weighted by Gasteiger charge is 2.25. The summed E-state index contributed by atoms with van der Waals surface area (Å²) < 4.78 is 3.27. The third-order valence-electron chi connectivity index (χ3n) is 5.96. The van der Waals surface area contributed by atoms with Crippen LogP contribution >= 0.6 is 34.4 Å². The van der Waals surface area contributed by atoms with E-state index in [1.807, 2.05) is 12.1 Å². The second-order valence-corrected chi connectivity index (χ2v) is 11.2. The molecule has 1 aromatic carbocycles. The molecular weight excluding hydrogens is 470 g/mol. The van der Waals surface area contributed by atoms with Crippen molar-refractivity contribution < 1.29 is 4.79 Å². The topological polar surface area (TPSA) is 83.6 Å². The fraction of sp³-hybridized carbons (Fsp3) is 0.333. The summed E-state index contributed by atoms with van der Waals surface area (Å²) in [6.07, 6.45) is 3.00. The molecule has 0 bridgehead atoms. The first-order chi connectivity index (χ1) is 16.1. The molecule has 3 heterocycles. The first kappa shape index (κ1) is 22.1. The van der Waals surface area contributed by atoms with E-state index in [-0.39, 0.29) is 11.7 Å². The van der Waals surface area contributed by atoms with Crippen LogP contribution in [0, 0.1) is 17.2 Å². The van der Waals surface area contributed by atoms with Gasteiger partial charge < -0.3 is 9.88 Å². The molecule has 1 unspecified atom stereocenters. The van der Waals surface area contributed by atoms with Gasteiger partial charge in [-0.3, -0.25) is 4.79 Å². The van der Waals surface area contributed by atoms with Gasteiger partial charge in [-0.15, -0.1) is 32.9 Å². The van der Waals surface area contributed by atoms with Crippen LogP contribution in [0.1, 0.15) is 36.3 Å². The van der Waals surface area contributed by atoms with Crippen LogP contribution in [-0.2, 0) is 24.2 Å². The first-order valence-corrected chi connectivity index (χ1v) is 13.6. The number of nitrogens with zero attached hydrogens (tertiary/aromatic N) is 4. The monoisotopic (exact) mass is 493 g/mol. The van der Waals surface area contributed by atoms with Crippen LogP contribution < -0.4 is 5.32 Å². The SMILES string of the molecule is CCn1c(SCC(=O)Nc2sc3c(c2C#N)CCC(C)C3)nnc1-c1csc2ccccc12. The summed E-state index contributed by atoms with van der Waals surface area (Å²) in [6, 6.07) is 10.6. The van der Waals surface area contributed by atoms with Crippen molar-refractivity contribution in [2.75, 3.05) is 11.1 Å². The fourth-order valence-corrected chi connectivity index (χ4v) is 7.40. The van der Waals surface area contributed by atoms with E-state index in [1.165, 1.54) is 26.7 Å². The predicted octanol–water partition coefficient (Wildman–Crippen LogP) is 5.97. The lowest BCUT2D eigenvalue weighted by Gasteiger charge is -2.17. The molecule has 0 fully saturated rings. The minimum atomic E-state index is -0.128. The van der Waals surface area contributed by atoms with Crippen molar-refractivity contribution in [3.8, 4) is 17.5 Å². The van der Waals surface area contributed by atoms with Crippen molar-refractivity contribution in [2.45, 2.75) is 44.8 Å². The largest absolute Gasteiger partial charge is 0.316 e. The molecule has 0 saturated heterocycles. The highest BCUT2D eigenvalue weighted by atomic mass is 32.2. The van der Waals surface area contributed by atoms with Gasteiger partial charge in [0, 0.05) is 32.5 Å². The summed E-state index contributed by atoms with van der Waals surface area (Å²) in [6.45, 7) is 5.01. The van der Waals surface area contributed by atoms with E-state index >= 15 is 0 Å². The maximum absolute atomic E-state index is 12.8. The number of aromatic nitrogens is 3. The summed E-state index contributed by atoms with van der Waals surface area (Å²) in [4.78, 5) is 14.0. The van der Waals surface area contributed by atoms with Gasteiger partial charge in [0.05, 0.1) is 11.3 Å². The predicted molar refractivity (Wildman–Crippen MR) is 136 cm³/mol. The standard InChI is InChI=1S/C24H23N5OS3/c1-3-29-22(18-12-31-19-7-5-4-6-15(18)19)27-28-24(29)32-13-21(30)26-23-17(11-25)16-9-8-14(2)10-20(16)33-23/h4-7,12,14H,3,8-10,13H2,1-2H3,(H,26,30). The van der Waals surface area contributed by atoms with Gasteiger partial charge in [-0.05, 0) is 43.7 Å². The summed E-state index contributed by atoms with van der Waals surface area (Å²) in [7, 11) is 0. The Balaban J connectivity index is 1.32. The fourth-order valence-electron chi connectivity index (χ4n) is 4.28. The van der Waals surface area contributed by atoms with E-state index in [4.69, 9.17) is 0 Å². The highest BCUT2D eigenvalue weighted by molar-refractivity contribution is 7.99. The molecule has 1 aliphatic carbocycles. The smallest absolute Gasteiger partial charge is 0.235 e. The number of thioether (sulfide) groups is 1. The Kier molecular flexibility index (Phi) is 6.23. The number of nitriles is 1. The minimum Gasteiger partial charge on any atom is -0.316 e. The molecule has 1 N–H and O–H groups in total. The molecule has 5 rings (SSSR count). The van der Waals surface area contributed by atoms with Crippen molar-refractivity contribution in [3.05, 3.63) is 45.6 Å². The zero-order valence-electron chi connectivity index (χ0n) is 18.4. The van der Waals surface area contributed by atoms with Crippen LogP contribution in [0.15, 0.2) is 34.8 Å². The Morgan fingerprint density at radius 3 is 3.03 bits per heavy atom. The number of hydrogen-bond donors (Lipinski definition) is 1. The lowest BCUT2D eigenvalue weighted by atomic mass is 9.89. The minimum absolute atomic E-state index is 0.128. The zero-order valence-corrected chi connectivity index (χ0v) is 20.9. The summed E-state index contributed by atoms with van der Waals surface area (Å²) in [5.74, 6) is 1.53. The molecule has 33 heavy (non-hydrogen) atoms. The lowest BCUT2D eigenvalue weighted by molar-refractivity contribution is -0.113. The molecule has 1 aliphatic rings. The molecular formula is C24H23N5OS3. The van der Waals surface area contributed by atoms with Crippen LogP contribution in [0.5, 0.6) is 0 Å². The quantitative estimate of drug-likeness (QED) is 0.335. The summed E-state index contributed by atoms with van der Waals surface area (Å²) in [5, 5.41) is 26.2. The average molecular weight is 494 g/mol. The Hall–Kier alpha value is -2.67. The van der Waals surface area contributed by atoms with Gasteiger partial charge in [-0.25, -0.2) is 0 Å². The van der Waals surface area contributed by atoms with Crippen LogP contribution in [0.2, 0.25) is 0 Å². The number of benzene rings is 1. The molecule has 4 aromatic rings. The second kappa shape index (κ2) is 9.29. The van der Waals surface area contributed by atoms with Crippen molar-refractivity contribution in [3.63, 3.8) is 0 Å². The van der Waals surface area contributed by atoms with E-state index in [9.17, 15) is 10.1 Å². The Bertz CT molecular complexity index is 1380. The summed E-state index contributed by atoms with van der Waals surface area (Å²) >= 11 is 4.62. The number of hydrogen-bond acceptors (Lipinski definition) is 7. The zero-order chi connectivity index (χ0) is 22.9. The third kappa shape index (κ3) is 4.19. The molecule has 0 aliphatic heterocycles. The molecule has 1 amide bonds. The molecule has 1 atom stereocenters. The number of nitrogens with one attached hydrogen (secondary N) is 1. The molecule has 6 nitrogen and oxygen atoms in total. The number of fused-ring (bicyclic) bond motifs is 2. The van der Waals surface area contributed by atoms with E-state index < -0.39 is 0 Å². The first-order valence-electron chi connectivity index (χ1n) is 11.0. The number of rotatable bonds is 6. The molecule has 0 radical (unpaired) electrons. The molecule has 168 valence electrons. The Labute approximate surface area is 204 Å². The number of carbonyl (C=O) groups excluding carboxylic acids is 1. The van der Waals surface area contributed by atoms with Crippen molar-refractivity contribution in [1.29, 1.82) is 5.26 Å². The number of thiophene rings is 2. The maximum atomic E-state index is 12.8. The van der Waals surface area contributed by atoms with Gasteiger partial charge in [0.2, 0.25) is 5.91 Å². The second-order valence-electron chi connectivity index (χ2n) is 8.20. The van der Waals surface area contributed by atoms with Crippen LogP contribution in [-0.4, -0.2) is 26.4 Å². The average Bonchev–Trinajstić information content (AvgIpc) is 3.51. The van der Waals surface area contributed by atoms with Crippen molar-refractivity contribution in [1.82, 2.24) is 14.8 Å². The van der Waals surface area contributed by atoms with E-state index in [1.54, 1.807) is 22.7 Å². The van der Waals surface area contributed by atoms with Gasteiger partial charge in [-0.1, -0.05) is 36.9 Å². The molecule has 9 heteroatoms. The normalized spacial score (nSPS) is 15.4. The van der Waals surface area contributed by atoms with Crippen molar-refractivity contribution >= 4 is 55.4 Å². The molecule has 0 spiro atoms. The van der Waals surface area contributed by atoms with E-state index in [0.717, 1.165) is 41.4 Å². The molecule has 3 aromatic heterocycles. The van der Waals surface area contributed by atoms with Crippen molar-refractivity contribution in [2.24, 2.45) is 5.92 Å². The van der Waals surface area contributed by atoms with Crippen LogP contribution in [0.4, 0.5) is 5.00 Å².